The number of para-hydroxylation sites is 1. The Bertz CT molecular complexity index is 1360. The third-order valence-corrected chi connectivity index (χ3v) is 4.48. The van der Waals surface area contributed by atoms with Crippen molar-refractivity contribution in [2.75, 3.05) is 7.11 Å². The van der Waals surface area contributed by atoms with Crippen molar-refractivity contribution in [2.45, 2.75) is 13.1 Å². The van der Waals surface area contributed by atoms with Crippen LogP contribution in [0.25, 0.3) is 16.9 Å². The maximum absolute atomic E-state index is 13.1. The number of oxazole rings is 1. The van der Waals surface area contributed by atoms with E-state index in [9.17, 15) is 14.4 Å². The molecule has 0 fully saturated rings. The molecule has 3 aromatic heterocycles. The van der Waals surface area contributed by atoms with E-state index in [2.05, 4.69) is 21.3 Å². The van der Waals surface area contributed by atoms with Crippen molar-refractivity contribution in [2.24, 2.45) is 0 Å². The van der Waals surface area contributed by atoms with Crippen molar-refractivity contribution in [3.63, 3.8) is 0 Å². The highest BCUT2D eigenvalue weighted by Crippen LogP contribution is 2.14. The van der Waals surface area contributed by atoms with Gasteiger partial charge in [0.25, 0.3) is 5.56 Å². The van der Waals surface area contributed by atoms with Crippen LogP contribution in [0.3, 0.4) is 0 Å². The Morgan fingerprint density at radius 2 is 2.03 bits per heavy atom. The molecule has 0 N–H and O–H groups in total. The highest BCUT2D eigenvalue weighted by Gasteiger charge is 2.20. The summed E-state index contributed by atoms with van der Waals surface area (Å²) < 4.78 is 13.9. The second kappa shape index (κ2) is 7.66. The lowest BCUT2D eigenvalue weighted by atomic mass is 10.3. The number of benzene rings is 1. The first-order valence-electron chi connectivity index (χ1n) is 8.95. The van der Waals surface area contributed by atoms with Crippen molar-refractivity contribution in [3.05, 3.63) is 88.0 Å². The normalized spacial score (nSPS) is 11.0. The van der Waals surface area contributed by atoms with Gasteiger partial charge < -0.3 is 13.7 Å². The summed E-state index contributed by atoms with van der Waals surface area (Å²) in [5.41, 5.74) is -0.0523. The second-order valence-corrected chi connectivity index (χ2v) is 6.32. The standard InChI is InChI=1S/C20H17N5O5/c1-3-9-24-18(26)16-17(25(20(24)28)13-7-5-4-6-8-13)21-12-23(16)10-15-22-14(11-30-15)19(27)29-2/h3-8,11-12H,1,9-10H2,2H3. The molecule has 0 spiro atoms. The van der Waals surface area contributed by atoms with E-state index in [4.69, 9.17) is 4.42 Å². The average Bonchev–Trinajstić information content (AvgIpc) is 3.39. The van der Waals surface area contributed by atoms with Gasteiger partial charge in [-0.1, -0.05) is 24.3 Å². The number of hydrogen-bond acceptors (Lipinski definition) is 7. The summed E-state index contributed by atoms with van der Waals surface area (Å²) in [6, 6.07) is 8.90. The van der Waals surface area contributed by atoms with Gasteiger partial charge in [0.1, 0.15) is 12.8 Å². The zero-order valence-corrected chi connectivity index (χ0v) is 16.0. The molecular formula is C20H17N5O5. The van der Waals surface area contributed by atoms with Crippen LogP contribution >= 0.6 is 0 Å². The van der Waals surface area contributed by atoms with Crippen LogP contribution in [0, 0.1) is 0 Å². The Balaban J connectivity index is 1.91. The summed E-state index contributed by atoms with van der Waals surface area (Å²) in [7, 11) is 1.24. The molecule has 4 aromatic rings. The zero-order chi connectivity index (χ0) is 21.3. The number of allylic oxidation sites excluding steroid dienone is 1. The molecule has 0 atom stereocenters. The topological polar surface area (TPSA) is 114 Å². The molecule has 10 nitrogen and oxygen atoms in total. The number of fused-ring (bicyclic) bond motifs is 1. The van der Waals surface area contributed by atoms with Crippen LogP contribution in [0.15, 0.2) is 69.6 Å². The first-order valence-corrected chi connectivity index (χ1v) is 8.95. The maximum atomic E-state index is 13.1. The molecule has 30 heavy (non-hydrogen) atoms. The van der Waals surface area contributed by atoms with E-state index in [0.717, 1.165) is 4.57 Å². The number of rotatable bonds is 6. The Kier molecular flexibility index (Phi) is 4.88. The van der Waals surface area contributed by atoms with Crippen molar-refractivity contribution in [1.82, 2.24) is 23.7 Å². The van der Waals surface area contributed by atoms with Crippen LogP contribution in [0.1, 0.15) is 16.4 Å². The fourth-order valence-electron chi connectivity index (χ4n) is 3.13. The van der Waals surface area contributed by atoms with Crippen molar-refractivity contribution in [1.29, 1.82) is 0 Å². The van der Waals surface area contributed by atoms with Gasteiger partial charge in [0, 0.05) is 6.54 Å². The monoisotopic (exact) mass is 407 g/mol. The summed E-state index contributed by atoms with van der Waals surface area (Å²) in [6.07, 6.45) is 4.07. The van der Waals surface area contributed by atoms with Crippen molar-refractivity contribution < 1.29 is 13.9 Å². The van der Waals surface area contributed by atoms with Crippen LogP contribution in [0.2, 0.25) is 0 Å². The quantitative estimate of drug-likeness (QED) is 0.350. The lowest BCUT2D eigenvalue weighted by molar-refractivity contribution is 0.0594. The van der Waals surface area contributed by atoms with E-state index in [0.29, 0.717) is 5.69 Å². The highest BCUT2D eigenvalue weighted by molar-refractivity contribution is 5.86. The zero-order valence-electron chi connectivity index (χ0n) is 16.0. The first-order chi connectivity index (χ1) is 14.5. The Morgan fingerprint density at radius 1 is 1.27 bits per heavy atom. The first kappa shape index (κ1) is 19.1. The number of aromatic nitrogens is 5. The number of ether oxygens (including phenoxy) is 1. The maximum Gasteiger partial charge on any atom is 0.360 e. The van der Waals surface area contributed by atoms with Gasteiger partial charge in [-0.05, 0) is 12.1 Å². The molecule has 0 saturated heterocycles. The van der Waals surface area contributed by atoms with Gasteiger partial charge in [0.05, 0.1) is 19.1 Å². The molecule has 0 aliphatic heterocycles. The third-order valence-electron chi connectivity index (χ3n) is 4.48. The molecule has 0 saturated carbocycles. The molecule has 10 heteroatoms. The van der Waals surface area contributed by atoms with Crippen LogP contribution in [0.4, 0.5) is 0 Å². The van der Waals surface area contributed by atoms with Gasteiger partial charge in [0.2, 0.25) is 5.89 Å². The molecule has 0 aliphatic carbocycles. The number of nitrogens with zero attached hydrogens (tertiary/aromatic N) is 5. The number of imidazole rings is 1. The number of carbonyl (C=O) groups is 1. The van der Waals surface area contributed by atoms with Crippen molar-refractivity contribution >= 4 is 17.1 Å². The van der Waals surface area contributed by atoms with E-state index in [1.54, 1.807) is 24.3 Å². The van der Waals surface area contributed by atoms with E-state index >= 15 is 0 Å². The van der Waals surface area contributed by atoms with Crippen LogP contribution in [-0.4, -0.2) is 36.7 Å². The minimum absolute atomic E-state index is 0.0159. The third kappa shape index (κ3) is 3.13. The SMILES string of the molecule is C=CCn1c(=O)c2c(ncn2Cc2nc(C(=O)OC)co2)n(-c2ccccc2)c1=O. The second-order valence-electron chi connectivity index (χ2n) is 6.32. The molecule has 152 valence electrons. The van der Waals surface area contributed by atoms with Gasteiger partial charge in [-0.3, -0.25) is 9.36 Å². The van der Waals surface area contributed by atoms with Gasteiger partial charge in [-0.2, -0.15) is 0 Å². The molecule has 0 aliphatic rings. The predicted molar refractivity (Wildman–Crippen MR) is 107 cm³/mol. The summed E-state index contributed by atoms with van der Waals surface area (Å²) in [6.45, 7) is 3.70. The molecule has 0 unspecified atom stereocenters. The van der Waals surface area contributed by atoms with Gasteiger partial charge in [0.15, 0.2) is 16.9 Å². The Labute approximate surface area is 169 Å². The van der Waals surface area contributed by atoms with E-state index in [1.165, 1.54) is 34.9 Å². The van der Waals surface area contributed by atoms with E-state index in [-0.39, 0.29) is 35.8 Å². The average molecular weight is 407 g/mol. The van der Waals surface area contributed by atoms with Gasteiger partial charge >= 0.3 is 11.7 Å². The number of esters is 1. The van der Waals surface area contributed by atoms with Crippen LogP contribution in [0.5, 0.6) is 0 Å². The van der Waals surface area contributed by atoms with E-state index in [1.807, 2.05) is 6.07 Å². The van der Waals surface area contributed by atoms with Crippen LogP contribution < -0.4 is 11.2 Å². The molecule has 0 bridgehead atoms. The number of methoxy groups -OCH3 is 1. The molecule has 0 radical (unpaired) electrons. The fourth-order valence-corrected chi connectivity index (χ4v) is 3.13. The molecule has 1 aromatic carbocycles. The van der Waals surface area contributed by atoms with Crippen molar-refractivity contribution in [3.8, 4) is 5.69 Å². The van der Waals surface area contributed by atoms with Gasteiger partial charge in [-0.15, -0.1) is 6.58 Å². The lowest BCUT2D eigenvalue weighted by Gasteiger charge is -2.11. The Hall–Kier alpha value is -4.21. The van der Waals surface area contributed by atoms with Gasteiger partial charge in [-0.25, -0.2) is 24.1 Å². The minimum atomic E-state index is -0.633. The summed E-state index contributed by atoms with van der Waals surface area (Å²) >= 11 is 0. The minimum Gasteiger partial charge on any atom is -0.464 e. The Morgan fingerprint density at radius 3 is 2.73 bits per heavy atom. The number of carbonyl (C=O) groups excluding carboxylic acids is 1. The molecule has 0 amide bonds. The fraction of sp³-hybridized carbons (Fsp3) is 0.150. The predicted octanol–water partition coefficient (Wildman–Crippen LogP) is 1.36. The molecular weight excluding hydrogens is 390 g/mol. The smallest absolute Gasteiger partial charge is 0.360 e. The summed E-state index contributed by atoms with van der Waals surface area (Å²) in [5, 5.41) is 0. The highest BCUT2D eigenvalue weighted by atomic mass is 16.5. The largest absolute Gasteiger partial charge is 0.464 e. The van der Waals surface area contributed by atoms with Crippen LogP contribution in [-0.2, 0) is 17.8 Å². The lowest BCUT2D eigenvalue weighted by Crippen LogP contribution is -2.39. The summed E-state index contributed by atoms with van der Waals surface area (Å²) in [5.74, 6) is -0.450. The molecule has 4 rings (SSSR count). The summed E-state index contributed by atoms with van der Waals surface area (Å²) in [4.78, 5) is 46.0. The van der Waals surface area contributed by atoms with E-state index < -0.39 is 17.2 Å². The number of hydrogen-bond donors (Lipinski definition) is 0. The molecule has 3 heterocycles.